The Morgan fingerprint density at radius 2 is 1.79 bits per heavy atom. The number of benzene rings is 2. The third-order valence-electron chi connectivity index (χ3n) is 3.11. The van der Waals surface area contributed by atoms with Crippen LogP contribution in [0.4, 0.5) is 17.1 Å². The van der Waals surface area contributed by atoms with Crippen molar-refractivity contribution in [1.82, 2.24) is 0 Å². The van der Waals surface area contributed by atoms with Crippen LogP contribution in [-0.2, 0) is 6.42 Å². The largest absolute Gasteiger partial charge is 0.399 e. The van der Waals surface area contributed by atoms with Crippen molar-refractivity contribution in [3.8, 4) is 0 Å². The number of nitrogens with one attached hydrogen (secondary N) is 1. The second-order valence-corrected chi connectivity index (χ2v) is 4.86. The van der Waals surface area contributed by atoms with Crippen molar-refractivity contribution in [3.63, 3.8) is 0 Å². The van der Waals surface area contributed by atoms with E-state index in [9.17, 15) is 0 Å². The lowest BCUT2D eigenvalue weighted by molar-refractivity contribution is 0.830. The summed E-state index contributed by atoms with van der Waals surface area (Å²) in [6.07, 6.45) is 2.42. The predicted molar refractivity (Wildman–Crippen MR) is 83.3 cm³/mol. The summed E-state index contributed by atoms with van der Waals surface area (Å²) < 4.78 is 0. The van der Waals surface area contributed by atoms with Gasteiger partial charge in [-0.2, -0.15) is 0 Å². The molecule has 3 rings (SSSR count). The number of fused-ring (bicyclic) bond motifs is 1. The monoisotopic (exact) mass is 255 g/mol. The van der Waals surface area contributed by atoms with E-state index in [1.807, 2.05) is 43.3 Å². The molecule has 2 aromatic carbocycles. The van der Waals surface area contributed by atoms with Crippen molar-refractivity contribution >= 4 is 17.1 Å². The minimum absolute atomic E-state index is 0.838. The summed E-state index contributed by atoms with van der Waals surface area (Å²) in [5.41, 5.74) is 16.6. The molecule has 0 spiro atoms. The number of aryl methyl sites for hydroxylation is 2. The van der Waals surface area contributed by atoms with Crippen LogP contribution in [0.25, 0.3) is 0 Å². The van der Waals surface area contributed by atoms with E-state index < -0.39 is 0 Å². The van der Waals surface area contributed by atoms with Crippen molar-refractivity contribution in [3.05, 3.63) is 53.6 Å². The molecule has 5 N–H and O–H groups in total. The van der Waals surface area contributed by atoms with E-state index in [-0.39, 0.29) is 0 Å². The van der Waals surface area contributed by atoms with E-state index in [0.717, 1.165) is 17.9 Å². The van der Waals surface area contributed by atoms with E-state index >= 15 is 0 Å². The summed E-state index contributed by atoms with van der Waals surface area (Å²) in [7, 11) is 0. The van der Waals surface area contributed by atoms with E-state index in [0.29, 0.717) is 0 Å². The molecule has 1 aliphatic heterocycles. The quantitative estimate of drug-likeness (QED) is 0.633. The van der Waals surface area contributed by atoms with Crippen LogP contribution in [0.15, 0.2) is 42.5 Å². The molecular formula is C16H21N3. The number of hydrogen-bond acceptors (Lipinski definition) is 3. The van der Waals surface area contributed by atoms with Gasteiger partial charge in [0.2, 0.25) is 0 Å². The van der Waals surface area contributed by atoms with Crippen molar-refractivity contribution < 1.29 is 0 Å². The molecule has 3 nitrogen and oxygen atoms in total. The van der Waals surface area contributed by atoms with Crippen LogP contribution in [-0.4, -0.2) is 6.54 Å². The van der Waals surface area contributed by atoms with Crippen LogP contribution in [0.3, 0.4) is 0 Å². The summed E-state index contributed by atoms with van der Waals surface area (Å²) in [6, 6.07) is 13.9. The topological polar surface area (TPSA) is 64.1 Å². The Bertz CT molecular complexity index is 532. The van der Waals surface area contributed by atoms with Gasteiger partial charge in [0.25, 0.3) is 0 Å². The lowest BCUT2D eigenvalue weighted by atomic mass is 10.0. The van der Waals surface area contributed by atoms with Gasteiger partial charge in [0, 0.05) is 23.6 Å². The zero-order valence-electron chi connectivity index (χ0n) is 11.3. The Balaban J connectivity index is 0.000000148. The van der Waals surface area contributed by atoms with E-state index in [4.69, 9.17) is 11.5 Å². The molecule has 0 saturated carbocycles. The third kappa shape index (κ3) is 3.91. The van der Waals surface area contributed by atoms with E-state index in [1.54, 1.807) is 0 Å². The van der Waals surface area contributed by atoms with Crippen LogP contribution in [0.5, 0.6) is 0 Å². The molecule has 0 amide bonds. The molecule has 0 bridgehead atoms. The van der Waals surface area contributed by atoms with Crippen molar-refractivity contribution in [1.29, 1.82) is 0 Å². The highest BCUT2D eigenvalue weighted by atomic mass is 14.9. The standard InChI is InChI=1S/C9H12N2.C7H9N/c10-8-4-3-7-2-1-5-11-9(7)6-8;1-6-3-2-4-7(8)5-6/h3-4,6,11H,1-2,5,10H2;2-5H,8H2,1H3. The summed E-state index contributed by atoms with van der Waals surface area (Å²) in [6.45, 7) is 3.10. The first-order valence-corrected chi connectivity index (χ1v) is 6.59. The number of hydrogen-bond donors (Lipinski definition) is 3. The van der Waals surface area contributed by atoms with Gasteiger partial charge in [-0.15, -0.1) is 0 Å². The smallest absolute Gasteiger partial charge is 0.0393 e. The number of anilines is 3. The molecule has 19 heavy (non-hydrogen) atoms. The second-order valence-electron chi connectivity index (χ2n) is 4.86. The highest BCUT2D eigenvalue weighted by Gasteiger charge is 2.06. The first kappa shape index (κ1) is 13.3. The maximum Gasteiger partial charge on any atom is 0.0393 e. The Morgan fingerprint density at radius 1 is 1.00 bits per heavy atom. The molecule has 1 heterocycles. The van der Waals surface area contributed by atoms with Crippen molar-refractivity contribution in [2.45, 2.75) is 19.8 Å². The average Bonchev–Trinajstić information content (AvgIpc) is 2.39. The number of nitrogens with two attached hydrogens (primary N) is 2. The molecule has 0 fully saturated rings. The fourth-order valence-corrected chi connectivity index (χ4v) is 2.15. The van der Waals surface area contributed by atoms with Gasteiger partial charge >= 0.3 is 0 Å². The molecule has 0 saturated heterocycles. The van der Waals surface area contributed by atoms with Crippen LogP contribution in [0, 0.1) is 6.92 Å². The van der Waals surface area contributed by atoms with E-state index in [2.05, 4.69) is 11.4 Å². The first-order chi connectivity index (χ1) is 9.15. The van der Waals surface area contributed by atoms with Gasteiger partial charge in [0.1, 0.15) is 0 Å². The summed E-state index contributed by atoms with van der Waals surface area (Å²) in [5.74, 6) is 0. The van der Waals surface area contributed by atoms with Gasteiger partial charge in [0.15, 0.2) is 0 Å². The maximum atomic E-state index is 5.64. The molecular weight excluding hydrogens is 234 g/mol. The fraction of sp³-hybridized carbons (Fsp3) is 0.250. The molecule has 1 aliphatic rings. The molecule has 0 aliphatic carbocycles. The van der Waals surface area contributed by atoms with Gasteiger partial charge in [-0.25, -0.2) is 0 Å². The minimum atomic E-state index is 0.838. The van der Waals surface area contributed by atoms with Gasteiger partial charge in [-0.05, 0) is 55.2 Å². The lowest BCUT2D eigenvalue weighted by Gasteiger charge is -2.17. The molecule has 0 unspecified atom stereocenters. The van der Waals surface area contributed by atoms with Crippen LogP contribution < -0.4 is 16.8 Å². The fourth-order valence-electron chi connectivity index (χ4n) is 2.15. The Kier molecular flexibility index (Phi) is 4.29. The van der Waals surface area contributed by atoms with Gasteiger partial charge in [0.05, 0.1) is 0 Å². The SMILES string of the molecule is Cc1cccc(N)c1.Nc1ccc2c(c1)NCCC2. The second kappa shape index (κ2) is 6.14. The zero-order chi connectivity index (χ0) is 13.7. The molecule has 3 heteroatoms. The Hall–Kier alpha value is -2.16. The summed E-state index contributed by atoms with van der Waals surface area (Å²) in [4.78, 5) is 0. The molecule has 100 valence electrons. The lowest BCUT2D eigenvalue weighted by Crippen LogP contribution is -2.11. The molecule has 0 atom stereocenters. The van der Waals surface area contributed by atoms with Crippen LogP contribution in [0.1, 0.15) is 17.5 Å². The van der Waals surface area contributed by atoms with Crippen molar-refractivity contribution in [2.75, 3.05) is 23.3 Å². The molecule has 0 aromatic heterocycles. The number of rotatable bonds is 0. The highest BCUT2D eigenvalue weighted by molar-refractivity contribution is 5.60. The number of nitrogen functional groups attached to an aromatic ring is 2. The summed E-state index contributed by atoms with van der Waals surface area (Å²) >= 11 is 0. The highest BCUT2D eigenvalue weighted by Crippen LogP contribution is 2.23. The molecule has 2 aromatic rings. The zero-order valence-corrected chi connectivity index (χ0v) is 11.3. The van der Waals surface area contributed by atoms with Crippen LogP contribution in [0.2, 0.25) is 0 Å². The van der Waals surface area contributed by atoms with Gasteiger partial charge < -0.3 is 16.8 Å². The normalized spacial score (nSPS) is 12.7. The molecule has 0 radical (unpaired) electrons. The van der Waals surface area contributed by atoms with Crippen LogP contribution >= 0.6 is 0 Å². The average molecular weight is 255 g/mol. The van der Waals surface area contributed by atoms with E-state index in [1.165, 1.54) is 29.7 Å². The maximum absolute atomic E-state index is 5.64. The Morgan fingerprint density at radius 3 is 2.47 bits per heavy atom. The van der Waals surface area contributed by atoms with Crippen molar-refractivity contribution in [2.24, 2.45) is 0 Å². The van der Waals surface area contributed by atoms with Gasteiger partial charge in [-0.1, -0.05) is 18.2 Å². The first-order valence-electron chi connectivity index (χ1n) is 6.59. The predicted octanol–water partition coefficient (Wildman–Crippen LogP) is 3.20. The Labute approximate surface area is 114 Å². The van der Waals surface area contributed by atoms with Gasteiger partial charge in [-0.3, -0.25) is 0 Å². The minimum Gasteiger partial charge on any atom is -0.399 e. The summed E-state index contributed by atoms with van der Waals surface area (Å²) in [5, 5.41) is 3.32. The third-order valence-corrected chi connectivity index (χ3v) is 3.11.